The molecule has 0 radical (unpaired) electrons. The molecule has 3 aromatic rings. The first-order valence-corrected chi connectivity index (χ1v) is 10.8. The number of nitrogens with zero attached hydrogens (tertiary/aromatic N) is 3. The Morgan fingerprint density at radius 2 is 2.03 bits per heavy atom. The van der Waals surface area contributed by atoms with Gasteiger partial charge >= 0.3 is 5.97 Å². The molecule has 1 aliphatic rings. The van der Waals surface area contributed by atoms with Crippen molar-refractivity contribution < 1.29 is 14.6 Å². The topological polar surface area (TPSA) is 91.3 Å². The summed E-state index contributed by atoms with van der Waals surface area (Å²) in [4.78, 5) is 26.2. The highest BCUT2D eigenvalue weighted by Gasteiger charge is 2.28. The average molecular weight is 423 g/mol. The lowest BCUT2D eigenvalue weighted by molar-refractivity contribution is -0.150. The van der Waals surface area contributed by atoms with Crippen LogP contribution >= 0.6 is 0 Å². The Kier molecular flexibility index (Phi) is 5.96. The van der Waals surface area contributed by atoms with E-state index in [0.29, 0.717) is 12.5 Å². The average Bonchev–Trinajstić information content (AvgIpc) is 3.17. The van der Waals surface area contributed by atoms with Crippen LogP contribution in [0.5, 0.6) is 0 Å². The molecule has 0 unspecified atom stereocenters. The number of ether oxygens (including phenoxy) is 1. The van der Waals surface area contributed by atoms with E-state index in [1.54, 1.807) is 13.8 Å². The smallest absolute Gasteiger partial charge is 0.311 e. The van der Waals surface area contributed by atoms with Crippen molar-refractivity contribution in [3.8, 4) is 11.4 Å². The molecule has 7 heteroatoms. The maximum absolute atomic E-state index is 11.2. The van der Waals surface area contributed by atoms with Gasteiger partial charge in [0.15, 0.2) is 0 Å². The molecule has 3 heterocycles. The third-order valence-corrected chi connectivity index (χ3v) is 5.99. The molecule has 1 saturated heterocycles. The number of anilines is 1. The molecular weight excluding hydrogens is 392 g/mol. The van der Waals surface area contributed by atoms with E-state index in [1.165, 1.54) is 5.56 Å². The molecule has 1 fully saturated rings. The van der Waals surface area contributed by atoms with Crippen LogP contribution in [0, 0.1) is 18.3 Å². The van der Waals surface area contributed by atoms with Gasteiger partial charge in [-0.15, -0.1) is 0 Å². The van der Waals surface area contributed by atoms with Gasteiger partial charge in [-0.3, -0.25) is 4.79 Å². The number of carboxylic acid groups (broad SMARTS) is 1. The van der Waals surface area contributed by atoms with Crippen LogP contribution in [0.15, 0.2) is 36.5 Å². The van der Waals surface area contributed by atoms with Crippen LogP contribution in [0.3, 0.4) is 0 Å². The Bertz CT molecular complexity index is 1050. The second-order valence-corrected chi connectivity index (χ2v) is 9.15. The van der Waals surface area contributed by atoms with Gasteiger partial charge in [0.2, 0.25) is 0 Å². The van der Waals surface area contributed by atoms with Crippen LogP contribution in [-0.2, 0) is 9.53 Å². The molecule has 0 amide bonds. The number of imidazole rings is 1. The number of aromatic nitrogens is 3. The highest BCUT2D eigenvalue weighted by atomic mass is 16.5. The van der Waals surface area contributed by atoms with Gasteiger partial charge in [-0.2, -0.15) is 0 Å². The Morgan fingerprint density at radius 3 is 2.71 bits per heavy atom. The zero-order chi connectivity index (χ0) is 22.0. The van der Waals surface area contributed by atoms with Gasteiger partial charge in [-0.25, -0.2) is 9.97 Å². The molecule has 0 bridgehead atoms. The third-order valence-electron chi connectivity index (χ3n) is 5.99. The summed E-state index contributed by atoms with van der Waals surface area (Å²) in [7, 11) is 0. The van der Waals surface area contributed by atoms with Gasteiger partial charge < -0.3 is 19.7 Å². The largest absolute Gasteiger partial charge is 0.481 e. The number of aromatic amines is 1. The SMILES string of the molecule is Cc1ccc2[nH]c(-c3ccc(N4CCC(COCC(C)(C)C(=O)O)CC4)nc3)nc2c1. The van der Waals surface area contributed by atoms with E-state index in [-0.39, 0.29) is 6.61 Å². The number of piperidine rings is 1. The Labute approximate surface area is 182 Å². The van der Waals surface area contributed by atoms with Crippen molar-refractivity contribution in [2.24, 2.45) is 11.3 Å². The fourth-order valence-electron chi connectivity index (χ4n) is 3.84. The number of carbonyl (C=O) groups is 1. The zero-order valence-corrected chi connectivity index (χ0v) is 18.4. The molecule has 164 valence electrons. The summed E-state index contributed by atoms with van der Waals surface area (Å²) >= 11 is 0. The first-order chi connectivity index (χ1) is 14.8. The number of rotatable bonds is 7. The van der Waals surface area contributed by atoms with Crippen molar-refractivity contribution >= 4 is 22.8 Å². The number of pyridine rings is 1. The van der Waals surface area contributed by atoms with Gasteiger partial charge in [0.05, 0.1) is 23.1 Å². The number of carboxylic acids is 1. The summed E-state index contributed by atoms with van der Waals surface area (Å²) in [6.07, 6.45) is 3.91. The molecule has 1 aliphatic heterocycles. The summed E-state index contributed by atoms with van der Waals surface area (Å²) in [6.45, 7) is 8.16. The number of fused-ring (bicyclic) bond motifs is 1. The van der Waals surface area contributed by atoms with Crippen LogP contribution in [-0.4, -0.2) is 52.3 Å². The number of H-pyrrole nitrogens is 1. The van der Waals surface area contributed by atoms with Crippen LogP contribution in [0.25, 0.3) is 22.4 Å². The zero-order valence-electron chi connectivity index (χ0n) is 18.4. The van der Waals surface area contributed by atoms with E-state index in [9.17, 15) is 9.90 Å². The van der Waals surface area contributed by atoms with Crippen molar-refractivity contribution in [2.75, 3.05) is 31.2 Å². The highest BCUT2D eigenvalue weighted by Crippen LogP contribution is 2.26. The molecule has 1 aromatic carbocycles. The molecule has 0 saturated carbocycles. The summed E-state index contributed by atoms with van der Waals surface area (Å²) in [6, 6.07) is 10.3. The minimum absolute atomic E-state index is 0.243. The molecule has 0 spiro atoms. The first-order valence-electron chi connectivity index (χ1n) is 10.8. The van der Waals surface area contributed by atoms with Crippen molar-refractivity contribution in [1.82, 2.24) is 15.0 Å². The molecule has 2 aromatic heterocycles. The summed E-state index contributed by atoms with van der Waals surface area (Å²) < 4.78 is 5.71. The fourth-order valence-corrected chi connectivity index (χ4v) is 3.84. The maximum Gasteiger partial charge on any atom is 0.311 e. The number of hydrogen-bond acceptors (Lipinski definition) is 5. The van der Waals surface area contributed by atoms with E-state index in [2.05, 4.69) is 52.1 Å². The van der Waals surface area contributed by atoms with Gasteiger partial charge in [-0.1, -0.05) is 6.07 Å². The van der Waals surface area contributed by atoms with Gasteiger partial charge in [0.1, 0.15) is 11.6 Å². The minimum atomic E-state index is -0.842. The van der Waals surface area contributed by atoms with Crippen molar-refractivity contribution in [3.05, 3.63) is 42.1 Å². The Morgan fingerprint density at radius 1 is 1.26 bits per heavy atom. The molecule has 0 aliphatic carbocycles. The van der Waals surface area contributed by atoms with Crippen molar-refractivity contribution in [1.29, 1.82) is 0 Å². The lowest BCUT2D eigenvalue weighted by atomic mass is 9.94. The van der Waals surface area contributed by atoms with E-state index < -0.39 is 11.4 Å². The first kappa shape index (κ1) is 21.3. The molecule has 4 rings (SSSR count). The fraction of sp³-hybridized carbons (Fsp3) is 0.458. The van der Waals surface area contributed by atoms with Crippen molar-refractivity contribution in [3.63, 3.8) is 0 Å². The molecular formula is C24H30N4O3. The number of aryl methyl sites for hydroxylation is 1. The normalized spacial score (nSPS) is 15.5. The maximum atomic E-state index is 11.2. The predicted octanol–water partition coefficient (Wildman–Crippen LogP) is 4.28. The summed E-state index contributed by atoms with van der Waals surface area (Å²) in [5, 5.41) is 9.18. The second kappa shape index (κ2) is 8.67. The van der Waals surface area contributed by atoms with Crippen molar-refractivity contribution in [2.45, 2.75) is 33.6 Å². The Hall–Kier alpha value is -2.93. The summed E-state index contributed by atoms with van der Waals surface area (Å²) in [5.74, 6) is 1.44. The number of hydrogen-bond donors (Lipinski definition) is 2. The lowest BCUT2D eigenvalue weighted by Crippen LogP contribution is -2.36. The van der Waals surface area contributed by atoms with Crippen LogP contribution in [0.2, 0.25) is 0 Å². The number of aliphatic carboxylic acids is 1. The standard InChI is InChI=1S/C24H30N4O3/c1-16-4-6-19-20(12-16)27-22(26-19)18-5-7-21(25-13-18)28-10-8-17(9-11-28)14-31-15-24(2,3)23(29)30/h4-7,12-13,17H,8-11,14-15H2,1-3H3,(H,26,27)(H,29,30). The second-order valence-electron chi connectivity index (χ2n) is 9.15. The molecule has 0 atom stereocenters. The predicted molar refractivity (Wildman–Crippen MR) is 121 cm³/mol. The van der Waals surface area contributed by atoms with Gasteiger partial charge in [0, 0.05) is 31.5 Å². The molecule has 2 N–H and O–H groups in total. The third kappa shape index (κ3) is 4.88. The van der Waals surface area contributed by atoms with E-state index in [4.69, 9.17) is 9.72 Å². The number of nitrogens with one attached hydrogen (secondary N) is 1. The van der Waals surface area contributed by atoms with Crippen LogP contribution < -0.4 is 4.90 Å². The van der Waals surface area contributed by atoms with E-state index in [1.807, 2.05) is 6.20 Å². The number of benzene rings is 1. The molecule has 7 nitrogen and oxygen atoms in total. The highest BCUT2D eigenvalue weighted by molar-refractivity contribution is 5.80. The van der Waals surface area contributed by atoms with Gasteiger partial charge in [0.25, 0.3) is 0 Å². The van der Waals surface area contributed by atoms with E-state index >= 15 is 0 Å². The van der Waals surface area contributed by atoms with Crippen LogP contribution in [0.4, 0.5) is 5.82 Å². The van der Waals surface area contributed by atoms with Gasteiger partial charge in [-0.05, 0) is 69.4 Å². The van der Waals surface area contributed by atoms with Crippen LogP contribution in [0.1, 0.15) is 32.3 Å². The molecule has 31 heavy (non-hydrogen) atoms. The monoisotopic (exact) mass is 422 g/mol. The van der Waals surface area contributed by atoms with E-state index in [0.717, 1.165) is 54.2 Å². The Balaban J connectivity index is 1.31. The quantitative estimate of drug-likeness (QED) is 0.591. The summed E-state index contributed by atoms with van der Waals surface area (Å²) in [5.41, 5.74) is 3.32. The minimum Gasteiger partial charge on any atom is -0.481 e. The lowest BCUT2D eigenvalue weighted by Gasteiger charge is -2.33.